The normalized spacial score (nSPS) is 21.8. The fourth-order valence-corrected chi connectivity index (χ4v) is 4.99. The van der Waals surface area contributed by atoms with Crippen LogP contribution >= 0.6 is 11.3 Å². The molecule has 0 aromatic carbocycles. The number of rotatable bonds is 6. The molecule has 0 radical (unpaired) electrons. The summed E-state index contributed by atoms with van der Waals surface area (Å²) in [6.07, 6.45) is 9.09. The highest BCUT2D eigenvalue weighted by molar-refractivity contribution is 7.15. The number of hydrogen-bond acceptors (Lipinski definition) is 4. The molecule has 0 N–H and O–H groups in total. The molecule has 3 nitrogen and oxygen atoms in total. The van der Waals surface area contributed by atoms with Crippen molar-refractivity contribution in [2.45, 2.75) is 59.9 Å². The van der Waals surface area contributed by atoms with Gasteiger partial charge in [-0.25, -0.2) is 9.97 Å². The zero-order valence-corrected chi connectivity index (χ0v) is 17.6. The van der Waals surface area contributed by atoms with Gasteiger partial charge in [0.2, 0.25) is 0 Å². The van der Waals surface area contributed by atoms with Gasteiger partial charge >= 0.3 is 0 Å². The molecule has 2 aromatic heterocycles. The van der Waals surface area contributed by atoms with Gasteiger partial charge in [-0.1, -0.05) is 40.5 Å². The SMILES string of the molecule is CCCCC1CC(C(C)(C)C)CN(Cc2ccc(-c3ncccn3)s2)C1. The Hall–Kier alpha value is -1.26. The Morgan fingerprint density at radius 3 is 2.62 bits per heavy atom. The van der Waals surface area contributed by atoms with E-state index in [9.17, 15) is 0 Å². The maximum atomic E-state index is 4.38. The van der Waals surface area contributed by atoms with Crippen LogP contribution in [0.2, 0.25) is 0 Å². The molecular weight excluding hydrogens is 338 g/mol. The molecule has 0 aliphatic carbocycles. The Labute approximate surface area is 162 Å². The fourth-order valence-electron chi connectivity index (χ4n) is 3.99. The molecule has 0 spiro atoms. The Bertz CT molecular complexity index is 674. The van der Waals surface area contributed by atoms with Crippen molar-refractivity contribution in [2.24, 2.45) is 17.3 Å². The molecule has 3 heterocycles. The zero-order chi connectivity index (χ0) is 18.6. The summed E-state index contributed by atoms with van der Waals surface area (Å²) < 4.78 is 0. The Kier molecular flexibility index (Phi) is 6.46. The number of nitrogens with zero attached hydrogens (tertiary/aromatic N) is 3. The summed E-state index contributed by atoms with van der Waals surface area (Å²) in [7, 11) is 0. The number of thiophene rings is 1. The molecule has 2 aromatic rings. The van der Waals surface area contributed by atoms with Gasteiger partial charge in [-0.05, 0) is 48.3 Å². The van der Waals surface area contributed by atoms with E-state index in [-0.39, 0.29) is 0 Å². The van der Waals surface area contributed by atoms with Crippen molar-refractivity contribution in [3.05, 3.63) is 35.5 Å². The highest BCUT2D eigenvalue weighted by Gasteiger charge is 2.34. The molecule has 1 aliphatic heterocycles. The van der Waals surface area contributed by atoms with Crippen LogP contribution in [0, 0.1) is 17.3 Å². The van der Waals surface area contributed by atoms with Crippen LogP contribution in [-0.2, 0) is 6.54 Å². The van der Waals surface area contributed by atoms with E-state index in [0.29, 0.717) is 5.41 Å². The topological polar surface area (TPSA) is 29.0 Å². The molecule has 1 saturated heterocycles. The number of aromatic nitrogens is 2. The lowest BCUT2D eigenvalue weighted by molar-refractivity contribution is 0.0545. The van der Waals surface area contributed by atoms with Gasteiger partial charge in [0.25, 0.3) is 0 Å². The second kappa shape index (κ2) is 8.62. The van der Waals surface area contributed by atoms with E-state index in [2.05, 4.69) is 54.7 Å². The van der Waals surface area contributed by atoms with Crippen molar-refractivity contribution in [3.63, 3.8) is 0 Å². The first-order valence-corrected chi connectivity index (χ1v) is 10.9. The van der Waals surface area contributed by atoms with Gasteiger partial charge in [-0.2, -0.15) is 0 Å². The minimum Gasteiger partial charge on any atom is -0.298 e. The molecule has 1 aliphatic rings. The largest absolute Gasteiger partial charge is 0.298 e. The maximum absolute atomic E-state index is 4.38. The van der Waals surface area contributed by atoms with Gasteiger partial charge in [0, 0.05) is 36.9 Å². The van der Waals surface area contributed by atoms with Crippen LogP contribution < -0.4 is 0 Å². The van der Waals surface area contributed by atoms with Gasteiger partial charge in [0.15, 0.2) is 5.82 Å². The van der Waals surface area contributed by atoms with E-state index in [0.717, 1.165) is 24.2 Å². The van der Waals surface area contributed by atoms with E-state index in [1.807, 2.05) is 29.8 Å². The van der Waals surface area contributed by atoms with Gasteiger partial charge in [0.1, 0.15) is 0 Å². The third kappa shape index (κ3) is 5.14. The van der Waals surface area contributed by atoms with E-state index in [1.165, 1.54) is 48.5 Å². The van der Waals surface area contributed by atoms with Crippen LogP contribution in [0.3, 0.4) is 0 Å². The Morgan fingerprint density at radius 1 is 1.15 bits per heavy atom. The summed E-state index contributed by atoms with van der Waals surface area (Å²) >= 11 is 1.84. The van der Waals surface area contributed by atoms with E-state index < -0.39 is 0 Å². The van der Waals surface area contributed by atoms with Crippen molar-refractivity contribution < 1.29 is 0 Å². The first-order chi connectivity index (χ1) is 12.5. The molecule has 2 unspecified atom stereocenters. The molecule has 1 fully saturated rings. The highest BCUT2D eigenvalue weighted by Crippen LogP contribution is 2.38. The monoisotopic (exact) mass is 371 g/mol. The molecule has 0 bridgehead atoms. The lowest BCUT2D eigenvalue weighted by Gasteiger charge is -2.43. The summed E-state index contributed by atoms with van der Waals surface area (Å²) in [6, 6.07) is 6.31. The number of piperidine rings is 1. The molecule has 142 valence electrons. The molecule has 0 amide bonds. The van der Waals surface area contributed by atoms with Crippen molar-refractivity contribution in [3.8, 4) is 10.7 Å². The molecular formula is C22H33N3S. The molecule has 0 saturated carbocycles. The molecule has 3 rings (SSSR count). The fraction of sp³-hybridized carbons (Fsp3) is 0.636. The van der Waals surface area contributed by atoms with E-state index >= 15 is 0 Å². The smallest absolute Gasteiger partial charge is 0.169 e. The number of likely N-dealkylation sites (tertiary alicyclic amines) is 1. The van der Waals surface area contributed by atoms with Crippen LogP contribution in [0.5, 0.6) is 0 Å². The summed E-state index contributed by atoms with van der Waals surface area (Å²) in [4.78, 5) is 14.1. The predicted octanol–water partition coefficient (Wildman–Crippen LogP) is 5.88. The first-order valence-electron chi connectivity index (χ1n) is 10.0. The second-order valence-electron chi connectivity index (χ2n) is 8.84. The van der Waals surface area contributed by atoms with Crippen LogP contribution in [-0.4, -0.2) is 28.0 Å². The van der Waals surface area contributed by atoms with Gasteiger partial charge in [-0.3, -0.25) is 4.90 Å². The van der Waals surface area contributed by atoms with Crippen LogP contribution in [0.25, 0.3) is 10.7 Å². The van der Waals surface area contributed by atoms with Crippen LogP contribution in [0.15, 0.2) is 30.6 Å². The quantitative estimate of drug-likeness (QED) is 0.635. The number of hydrogen-bond donors (Lipinski definition) is 0. The predicted molar refractivity (Wildman–Crippen MR) is 111 cm³/mol. The average molecular weight is 372 g/mol. The van der Waals surface area contributed by atoms with E-state index in [1.54, 1.807) is 0 Å². The maximum Gasteiger partial charge on any atom is 0.169 e. The zero-order valence-electron chi connectivity index (χ0n) is 16.7. The molecule has 4 heteroatoms. The minimum atomic E-state index is 0.390. The Balaban J connectivity index is 1.68. The number of unbranched alkanes of at least 4 members (excludes halogenated alkanes) is 1. The summed E-state index contributed by atoms with van der Waals surface area (Å²) in [5, 5.41) is 0. The van der Waals surface area contributed by atoms with Gasteiger partial charge < -0.3 is 0 Å². The third-order valence-electron chi connectivity index (χ3n) is 5.63. The summed E-state index contributed by atoms with van der Waals surface area (Å²) in [5.41, 5.74) is 0.390. The first kappa shape index (κ1) is 19.5. The van der Waals surface area contributed by atoms with Gasteiger partial charge in [0.05, 0.1) is 4.88 Å². The summed E-state index contributed by atoms with van der Waals surface area (Å²) in [5.74, 6) is 2.48. The van der Waals surface area contributed by atoms with Crippen molar-refractivity contribution in [2.75, 3.05) is 13.1 Å². The van der Waals surface area contributed by atoms with E-state index in [4.69, 9.17) is 0 Å². The lowest BCUT2D eigenvalue weighted by Crippen LogP contribution is -2.44. The van der Waals surface area contributed by atoms with Gasteiger partial charge in [-0.15, -0.1) is 11.3 Å². The van der Waals surface area contributed by atoms with Crippen molar-refractivity contribution >= 4 is 11.3 Å². The Morgan fingerprint density at radius 2 is 1.92 bits per heavy atom. The van der Waals surface area contributed by atoms with Crippen molar-refractivity contribution in [1.82, 2.24) is 14.9 Å². The molecule has 2 atom stereocenters. The lowest BCUT2D eigenvalue weighted by atomic mass is 9.72. The third-order valence-corrected chi connectivity index (χ3v) is 6.70. The standard InChI is InChI=1S/C22H33N3S/c1-5-6-8-17-13-18(22(2,3)4)15-25(14-17)16-19-9-10-20(26-19)21-23-11-7-12-24-21/h7,9-12,17-18H,5-6,8,13-16H2,1-4H3. The van der Waals surface area contributed by atoms with Crippen LogP contribution in [0.4, 0.5) is 0 Å². The average Bonchev–Trinajstić information content (AvgIpc) is 3.08. The summed E-state index contributed by atoms with van der Waals surface area (Å²) in [6.45, 7) is 13.1. The van der Waals surface area contributed by atoms with Crippen LogP contribution in [0.1, 0.15) is 58.3 Å². The highest BCUT2D eigenvalue weighted by atomic mass is 32.1. The molecule has 26 heavy (non-hydrogen) atoms. The minimum absolute atomic E-state index is 0.390. The second-order valence-corrected chi connectivity index (χ2v) is 10.0. The van der Waals surface area contributed by atoms with Crippen molar-refractivity contribution in [1.29, 1.82) is 0 Å².